The number of ether oxygens (including phenoxy) is 1. The van der Waals surface area contributed by atoms with Gasteiger partial charge in [-0.05, 0) is 55.3 Å². The second kappa shape index (κ2) is 10.7. The van der Waals surface area contributed by atoms with Crippen LogP contribution < -0.4 is 4.72 Å². The van der Waals surface area contributed by atoms with Crippen molar-refractivity contribution in [3.8, 4) is 6.07 Å². The zero-order chi connectivity index (χ0) is 26.6. The summed E-state index contributed by atoms with van der Waals surface area (Å²) in [5.41, 5.74) is 2.97. The lowest BCUT2D eigenvalue weighted by molar-refractivity contribution is 0.0475. The summed E-state index contributed by atoms with van der Waals surface area (Å²) in [7, 11) is -3.97. The number of para-hydroxylation sites is 1. The predicted molar refractivity (Wildman–Crippen MR) is 140 cm³/mol. The van der Waals surface area contributed by atoms with E-state index in [1.807, 2.05) is 29.7 Å². The van der Waals surface area contributed by atoms with Gasteiger partial charge in [-0.3, -0.25) is 9.52 Å². The van der Waals surface area contributed by atoms with Gasteiger partial charge < -0.3 is 9.30 Å². The highest BCUT2D eigenvalue weighted by atomic mass is 32.2. The minimum absolute atomic E-state index is 0.0134. The van der Waals surface area contributed by atoms with Gasteiger partial charge in [0.2, 0.25) is 5.78 Å². The van der Waals surface area contributed by atoms with E-state index in [1.54, 1.807) is 43.5 Å². The molecule has 0 amide bonds. The van der Waals surface area contributed by atoms with Crippen molar-refractivity contribution in [1.29, 1.82) is 5.26 Å². The maximum atomic E-state index is 13.0. The number of esters is 1. The molecule has 1 N–H and O–H groups in total. The van der Waals surface area contributed by atoms with Gasteiger partial charge in [-0.25, -0.2) is 13.2 Å². The molecule has 188 valence electrons. The molecule has 1 aromatic heterocycles. The number of nitrogens with zero attached hydrogens (tertiary/aromatic N) is 2. The number of sulfonamides is 1. The SMILES string of the molecule is Cc1cccc(NS(=O)(=O)c2cc(C(=O)OCC(=O)c3cn(CCC#N)c4ccccc34)ccc2C)c1. The van der Waals surface area contributed by atoms with Crippen molar-refractivity contribution in [2.75, 3.05) is 11.3 Å². The molecule has 9 heteroatoms. The fourth-order valence-corrected chi connectivity index (χ4v) is 5.37. The van der Waals surface area contributed by atoms with Gasteiger partial charge in [-0.2, -0.15) is 5.26 Å². The van der Waals surface area contributed by atoms with E-state index in [1.165, 1.54) is 18.2 Å². The van der Waals surface area contributed by atoms with Gasteiger partial charge in [0.05, 0.1) is 22.9 Å². The predicted octanol–water partition coefficient (Wildman–Crippen LogP) is 5.01. The van der Waals surface area contributed by atoms with E-state index in [4.69, 9.17) is 10.00 Å². The number of nitriles is 1. The molecule has 0 spiro atoms. The van der Waals surface area contributed by atoms with Gasteiger partial charge >= 0.3 is 5.97 Å². The number of fused-ring (bicyclic) bond motifs is 1. The fourth-order valence-electron chi connectivity index (χ4n) is 4.05. The summed E-state index contributed by atoms with van der Waals surface area (Å²) in [5.74, 6) is -1.21. The molecule has 0 atom stereocenters. The second-order valence-electron chi connectivity index (χ2n) is 8.62. The number of carbonyl (C=O) groups excluding carboxylic acids is 2. The Bertz CT molecular complexity index is 1650. The Labute approximate surface area is 215 Å². The van der Waals surface area contributed by atoms with Crippen LogP contribution in [0.15, 0.2) is 77.8 Å². The number of aromatic nitrogens is 1. The average Bonchev–Trinajstić information content (AvgIpc) is 3.24. The van der Waals surface area contributed by atoms with Gasteiger partial charge in [0, 0.05) is 34.9 Å². The van der Waals surface area contributed by atoms with Gasteiger partial charge in [0.25, 0.3) is 10.0 Å². The minimum Gasteiger partial charge on any atom is -0.454 e. The lowest BCUT2D eigenvalue weighted by Gasteiger charge is -2.12. The Balaban J connectivity index is 1.51. The number of anilines is 1. The molecule has 8 nitrogen and oxygen atoms in total. The number of hydrogen-bond acceptors (Lipinski definition) is 6. The highest BCUT2D eigenvalue weighted by Gasteiger charge is 2.21. The fraction of sp³-hybridized carbons (Fsp3) is 0.179. The summed E-state index contributed by atoms with van der Waals surface area (Å²) >= 11 is 0. The molecule has 0 aliphatic carbocycles. The molecule has 37 heavy (non-hydrogen) atoms. The molecular formula is C28H25N3O5S. The Hall–Kier alpha value is -4.42. The Morgan fingerprint density at radius 2 is 1.81 bits per heavy atom. The molecule has 4 rings (SSSR count). The van der Waals surface area contributed by atoms with E-state index in [0.717, 1.165) is 11.1 Å². The Morgan fingerprint density at radius 3 is 2.57 bits per heavy atom. The standard InChI is InChI=1S/C28H25N3O5S/c1-19-7-5-8-22(15-19)30-37(34,35)27-16-21(12-11-20(27)2)28(33)36-18-26(32)24-17-31(14-6-13-29)25-10-4-3-9-23(24)25/h3-5,7-12,15-17,30H,6,14,18H2,1-2H3. The second-order valence-corrected chi connectivity index (χ2v) is 10.3. The third-order valence-electron chi connectivity index (χ3n) is 5.87. The largest absolute Gasteiger partial charge is 0.454 e. The summed E-state index contributed by atoms with van der Waals surface area (Å²) in [6, 6.07) is 20.6. The monoisotopic (exact) mass is 515 g/mol. The zero-order valence-electron chi connectivity index (χ0n) is 20.4. The van der Waals surface area contributed by atoms with Crippen LogP contribution in [0.2, 0.25) is 0 Å². The number of benzene rings is 3. The van der Waals surface area contributed by atoms with Crippen LogP contribution in [0, 0.1) is 25.2 Å². The maximum Gasteiger partial charge on any atom is 0.338 e. The normalized spacial score (nSPS) is 11.2. The van der Waals surface area contributed by atoms with Crippen LogP contribution in [0.25, 0.3) is 10.9 Å². The first kappa shape index (κ1) is 25.7. The van der Waals surface area contributed by atoms with Crippen molar-refractivity contribution in [1.82, 2.24) is 4.57 Å². The van der Waals surface area contributed by atoms with Gasteiger partial charge in [-0.15, -0.1) is 0 Å². The van der Waals surface area contributed by atoms with E-state index in [9.17, 15) is 18.0 Å². The zero-order valence-corrected chi connectivity index (χ0v) is 21.2. The highest BCUT2D eigenvalue weighted by molar-refractivity contribution is 7.92. The number of aryl methyl sites for hydroxylation is 3. The molecule has 0 saturated carbocycles. The van der Waals surface area contributed by atoms with Gasteiger partial charge in [-0.1, -0.05) is 36.4 Å². The van der Waals surface area contributed by atoms with E-state index >= 15 is 0 Å². The highest BCUT2D eigenvalue weighted by Crippen LogP contribution is 2.24. The third kappa shape index (κ3) is 5.71. The number of carbonyl (C=O) groups is 2. The molecule has 4 aromatic rings. The molecule has 0 fully saturated rings. The van der Waals surface area contributed by atoms with Crippen LogP contribution in [0.1, 0.15) is 38.3 Å². The number of Topliss-reactive ketones (excluding diaryl/α,β-unsaturated/α-hetero) is 1. The topological polar surface area (TPSA) is 118 Å². The van der Waals surface area contributed by atoms with Crippen LogP contribution in [0.5, 0.6) is 0 Å². The van der Waals surface area contributed by atoms with Crippen LogP contribution >= 0.6 is 0 Å². The quantitative estimate of drug-likeness (QED) is 0.247. The number of rotatable bonds is 9. The molecule has 3 aromatic carbocycles. The molecule has 0 bridgehead atoms. The first-order valence-corrected chi connectivity index (χ1v) is 13.0. The lowest BCUT2D eigenvalue weighted by atomic mass is 10.1. The van der Waals surface area contributed by atoms with E-state index in [2.05, 4.69) is 10.8 Å². The smallest absolute Gasteiger partial charge is 0.338 e. The van der Waals surface area contributed by atoms with Gasteiger partial charge in [0.1, 0.15) is 0 Å². The van der Waals surface area contributed by atoms with Crippen LogP contribution in [-0.4, -0.2) is 31.3 Å². The van der Waals surface area contributed by atoms with Crippen molar-refractivity contribution in [3.05, 3.63) is 95.2 Å². The van der Waals surface area contributed by atoms with E-state index < -0.39 is 28.4 Å². The van der Waals surface area contributed by atoms with Crippen LogP contribution in [-0.2, 0) is 21.3 Å². The summed E-state index contributed by atoms with van der Waals surface area (Å²) in [5, 5.41) is 9.61. The van der Waals surface area contributed by atoms with Crippen molar-refractivity contribution in [2.45, 2.75) is 31.7 Å². The third-order valence-corrected chi connectivity index (χ3v) is 7.39. The molecule has 0 aliphatic rings. The minimum atomic E-state index is -3.97. The summed E-state index contributed by atoms with van der Waals surface area (Å²) in [6.07, 6.45) is 1.95. The average molecular weight is 516 g/mol. The van der Waals surface area contributed by atoms with Gasteiger partial charge in [0.15, 0.2) is 6.61 Å². The molecule has 1 heterocycles. The number of hydrogen-bond donors (Lipinski definition) is 1. The molecular weight excluding hydrogens is 490 g/mol. The van der Waals surface area contributed by atoms with Crippen molar-refractivity contribution >= 4 is 38.4 Å². The van der Waals surface area contributed by atoms with Crippen LogP contribution in [0.3, 0.4) is 0 Å². The Kier molecular flexibility index (Phi) is 7.41. The molecule has 0 unspecified atom stereocenters. The van der Waals surface area contributed by atoms with E-state index in [-0.39, 0.29) is 10.5 Å². The first-order chi connectivity index (χ1) is 17.7. The van der Waals surface area contributed by atoms with E-state index in [0.29, 0.717) is 35.2 Å². The summed E-state index contributed by atoms with van der Waals surface area (Å²) in [6.45, 7) is 3.40. The first-order valence-electron chi connectivity index (χ1n) is 11.5. The maximum absolute atomic E-state index is 13.0. The Morgan fingerprint density at radius 1 is 1.03 bits per heavy atom. The molecule has 0 aliphatic heterocycles. The summed E-state index contributed by atoms with van der Waals surface area (Å²) < 4.78 is 35.7. The lowest BCUT2D eigenvalue weighted by Crippen LogP contribution is -2.17. The van der Waals surface area contributed by atoms with Crippen molar-refractivity contribution < 1.29 is 22.7 Å². The summed E-state index contributed by atoms with van der Waals surface area (Å²) in [4.78, 5) is 25.6. The number of nitrogens with one attached hydrogen (secondary N) is 1. The molecule has 0 radical (unpaired) electrons. The number of ketones is 1. The van der Waals surface area contributed by atoms with Crippen molar-refractivity contribution in [3.63, 3.8) is 0 Å². The molecule has 0 saturated heterocycles. The van der Waals surface area contributed by atoms with Crippen LogP contribution in [0.4, 0.5) is 5.69 Å². The van der Waals surface area contributed by atoms with Crippen molar-refractivity contribution in [2.24, 2.45) is 0 Å².